The van der Waals surface area contributed by atoms with E-state index in [1.165, 1.54) is 0 Å². The second kappa shape index (κ2) is 5.23. The monoisotopic (exact) mass is 268 g/mol. The van der Waals surface area contributed by atoms with E-state index in [1.807, 2.05) is 0 Å². The zero-order valence-electron chi connectivity index (χ0n) is 8.19. The van der Waals surface area contributed by atoms with Crippen LogP contribution in [0.4, 0.5) is 26.3 Å². The molecule has 0 heterocycles. The molecule has 0 spiro atoms. The Balaban J connectivity index is 4.10. The van der Waals surface area contributed by atoms with Gasteiger partial charge in [-0.05, 0) is 6.92 Å². The van der Waals surface area contributed by atoms with E-state index in [4.69, 9.17) is 0 Å². The molecule has 0 aliphatic carbocycles. The lowest BCUT2D eigenvalue weighted by molar-refractivity contribution is -0.212. The standard InChI is InChI=1S/C7H6F6O4/c1-3(17-5(15)7(11,12)13)2-16-4(14)6(8,9)10/h3H,2H2,1H3/t3-/m0/s1. The Morgan fingerprint density at radius 2 is 1.41 bits per heavy atom. The SMILES string of the molecule is C[C@@H](COC(=O)C(F)(F)F)OC(=O)C(F)(F)F. The molecular weight excluding hydrogens is 262 g/mol. The molecule has 0 radical (unpaired) electrons. The number of carbonyl (C=O) groups excluding carboxylic acids is 2. The number of carbonyl (C=O) groups is 2. The van der Waals surface area contributed by atoms with Gasteiger partial charge in [-0.3, -0.25) is 0 Å². The molecule has 17 heavy (non-hydrogen) atoms. The Morgan fingerprint density at radius 3 is 1.76 bits per heavy atom. The van der Waals surface area contributed by atoms with Crippen molar-refractivity contribution in [1.29, 1.82) is 0 Å². The van der Waals surface area contributed by atoms with Crippen LogP contribution >= 0.6 is 0 Å². The summed E-state index contributed by atoms with van der Waals surface area (Å²) in [5.41, 5.74) is 0. The van der Waals surface area contributed by atoms with Crippen LogP contribution in [0, 0.1) is 0 Å². The highest BCUT2D eigenvalue weighted by atomic mass is 19.4. The third kappa shape index (κ3) is 5.97. The van der Waals surface area contributed by atoms with Gasteiger partial charge < -0.3 is 9.47 Å². The largest absolute Gasteiger partial charge is 0.490 e. The lowest BCUT2D eigenvalue weighted by Gasteiger charge is -2.15. The Morgan fingerprint density at radius 1 is 1.00 bits per heavy atom. The van der Waals surface area contributed by atoms with Gasteiger partial charge in [0.1, 0.15) is 12.7 Å². The van der Waals surface area contributed by atoms with Gasteiger partial charge in [0.15, 0.2) is 0 Å². The Hall–Kier alpha value is -1.48. The van der Waals surface area contributed by atoms with Gasteiger partial charge in [-0.1, -0.05) is 0 Å². The second-order valence-corrected chi connectivity index (χ2v) is 2.81. The first-order valence-electron chi connectivity index (χ1n) is 3.96. The summed E-state index contributed by atoms with van der Waals surface area (Å²) in [5.74, 6) is -5.15. The normalized spacial score (nSPS) is 14.1. The van der Waals surface area contributed by atoms with Crippen molar-refractivity contribution in [2.75, 3.05) is 6.61 Å². The van der Waals surface area contributed by atoms with Crippen LogP contribution in [0.25, 0.3) is 0 Å². The highest BCUT2D eigenvalue weighted by Gasteiger charge is 2.43. The van der Waals surface area contributed by atoms with Crippen LogP contribution in [-0.4, -0.2) is 37.0 Å². The van der Waals surface area contributed by atoms with E-state index < -0.39 is 37.0 Å². The molecule has 0 unspecified atom stereocenters. The van der Waals surface area contributed by atoms with Crippen LogP contribution in [0.1, 0.15) is 6.92 Å². The molecule has 100 valence electrons. The molecule has 1 atom stereocenters. The van der Waals surface area contributed by atoms with E-state index in [1.54, 1.807) is 0 Å². The summed E-state index contributed by atoms with van der Waals surface area (Å²) in [6.45, 7) is -0.284. The molecule has 0 amide bonds. The van der Waals surface area contributed by atoms with Crippen LogP contribution < -0.4 is 0 Å². The van der Waals surface area contributed by atoms with Crippen molar-refractivity contribution in [3.63, 3.8) is 0 Å². The molecule has 0 aromatic heterocycles. The number of hydrogen-bond donors (Lipinski definition) is 0. The van der Waals surface area contributed by atoms with E-state index >= 15 is 0 Å². The molecule has 0 saturated heterocycles. The Labute approximate surface area is 90.5 Å². The lowest BCUT2D eigenvalue weighted by Crippen LogP contribution is -2.33. The van der Waals surface area contributed by atoms with Crippen molar-refractivity contribution in [2.24, 2.45) is 0 Å². The summed E-state index contributed by atoms with van der Waals surface area (Å²) in [5, 5.41) is 0. The number of alkyl halides is 6. The van der Waals surface area contributed by atoms with Crippen LogP contribution in [-0.2, 0) is 19.1 Å². The Bertz CT molecular complexity index is 294. The van der Waals surface area contributed by atoms with Gasteiger partial charge in [0.2, 0.25) is 0 Å². The smallest absolute Gasteiger partial charge is 0.455 e. The summed E-state index contributed by atoms with van der Waals surface area (Å²) in [6.07, 6.45) is -12.2. The fourth-order valence-electron chi connectivity index (χ4n) is 0.558. The summed E-state index contributed by atoms with van der Waals surface area (Å²) in [4.78, 5) is 20.3. The first-order chi connectivity index (χ1) is 7.44. The van der Waals surface area contributed by atoms with Crippen molar-refractivity contribution in [3.05, 3.63) is 0 Å². The fraction of sp³-hybridized carbons (Fsp3) is 0.714. The van der Waals surface area contributed by atoms with Crippen LogP contribution in [0.15, 0.2) is 0 Å². The molecule has 0 saturated carbocycles. The van der Waals surface area contributed by atoms with Gasteiger partial charge in [-0.25, -0.2) is 9.59 Å². The minimum atomic E-state index is -5.26. The average Bonchev–Trinajstić information content (AvgIpc) is 2.10. The predicted molar refractivity (Wildman–Crippen MR) is 38.6 cm³/mol. The maximum absolute atomic E-state index is 11.6. The number of rotatable bonds is 3. The number of ether oxygens (including phenoxy) is 2. The molecular formula is C7H6F6O4. The summed E-state index contributed by atoms with van der Waals surface area (Å²) < 4.78 is 76.9. The third-order valence-corrected chi connectivity index (χ3v) is 1.22. The summed E-state index contributed by atoms with van der Waals surface area (Å²) in [7, 11) is 0. The van der Waals surface area contributed by atoms with E-state index in [2.05, 4.69) is 9.47 Å². The molecule has 0 N–H and O–H groups in total. The van der Waals surface area contributed by atoms with Gasteiger partial charge in [-0.2, -0.15) is 26.3 Å². The maximum atomic E-state index is 11.6. The van der Waals surface area contributed by atoms with E-state index in [0.29, 0.717) is 0 Å². The molecule has 0 aromatic rings. The molecule has 0 aliphatic rings. The third-order valence-electron chi connectivity index (χ3n) is 1.22. The first kappa shape index (κ1) is 15.5. The molecule has 0 rings (SSSR count). The van der Waals surface area contributed by atoms with Gasteiger partial charge in [0.25, 0.3) is 0 Å². The van der Waals surface area contributed by atoms with E-state index in [9.17, 15) is 35.9 Å². The van der Waals surface area contributed by atoms with Crippen molar-refractivity contribution in [3.8, 4) is 0 Å². The van der Waals surface area contributed by atoms with E-state index in [0.717, 1.165) is 6.92 Å². The van der Waals surface area contributed by atoms with Gasteiger partial charge in [0, 0.05) is 0 Å². The molecule has 0 aromatic carbocycles. The van der Waals surface area contributed by atoms with Crippen LogP contribution in [0.2, 0.25) is 0 Å². The van der Waals surface area contributed by atoms with Crippen molar-refractivity contribution >= 4 is 11.9 Å². The molecule has 10 heteroatoms. The maximum Gasteiger partial charge on any atom is 0.490 e. The number of halogens is 6. The van der Waals surface area contributed by atoms with Crippen LogP contribution in [0.3, 0.4) is 0 Å². The highest BCUT2D eigenvalue weighted by molar-refractivity contribution is 5.76. The molecule has 4 nitrogen and oxygen atoms in total. The second-order valence-electron chi connectivity index (χ2n) is 2.81. The fourth-order valence-corrected chi connectivity index (χ4v) is 0.558. The quantitative estimate of drug-likeness (QED) is 0.576. The molecule has 0 fully saturated rings. The predicted octanol–water partition coefficient (Wildman–Crippen LogP) is 1.59. The molecule has 0 bridgehead atoms. The number of esters is 2. The van der Waals surface area contributed by atoms with E-state index in [-0.39, 0.29) is 0 Å². The Kier molecular flexibility index (Phi) is 4.78. The summed E-state index contributed by atoms with van der Waals surface area (Å²) in [6, 6.07) is 0. The zero-order chi connectivity index (χ0) is 13.9. The first-order valence-corrected chi connectivity index (χ1v) is 3.96. The van der Waals surface area contributed by atoms with Crippen molar-refractivity contribution in [2.45, 2.75) is 25.4 Å². The lowest BCUT2D eigenvalue weighted by atomic mass is 10.4. The summed E-state index contributed by atoms with van der Waals surface area (Å²) >= 11 is 0. The number of hydrogen-bond acceptors (Lipinski definition) is 4. The zero-order valence-corrected chi connectivity index (χ0v) is 8.19. The van der Waals surface area contributed by atoms with Crippen molar-refractivity contribution < 1.29 is 45.4 Å². The van der Waals surface area contributed by atoms with Gasteiger partial charge in [-0.15, -0.1) is 0 Å². The van der Waals surface area contributed by atoms with Crippen LogP contribution in [0.5, 0.6) is 0 Å². The van der Waals surface area contributed by atoms with Gasteiger partial charge in [0.05, 0.1) is 0 Å². The minimum Gasteiger partial charge on any atom is -0.455 e. The minimum absolute atomic E-state index is 0.841. The van der Waals surface area contributed by atoms with Crippen molar-refractivity contribution in [1.82, 2.24) is 0 Å². The average molecular weight is 268 g/mol. The highest BCUT2D eigenvalue weighted by Crippen LogP contribution is 2.19. The topological polar surface area (TPSA) is 52.6 Å². The molecule has 0 aliphatic heterocycles. The van der Waals surface area contributed by atoms with Gasteiger partial charge >= 0.3 is 24.3 Å².